The van der Waals surface area contributed by atoms with Gasteiger partial charge in [0.2, 0.25) is 0 Å². The first-order valence-electron chi connectivity index (χ1n) is 5.57. The first kappa shape index (κ1) is 14.2. The molecular weight excluding hydrogens is 192 g/mol. The van der Waals surface area contributed by atoms with Gasteiger partial charge >= 0.3 is 6.02 Å². The van der Waals surface area contributed by atoms with Gasteiger partial charge in [-0.2, -0.15) is 0 Å². The number of ether oxygens (including phenoxy) is 1. The molecule has 0 heterocycles. The fourth-order valence-electron chi connectivity index (χ4n) is 1.17. The summed E-state index contributed by atoms with van der Waals surface area (Å²) in [6.45, 7) is 4.06. The number of unbranched alkanes of at least 4 members (excludes halogenated alkanes) is 1. The molecule has 0 saturated heterocycles. The topological polar surface area (TPSA) is 73.3 Å². The van der Waals surface area contributed by atoms with Crippen molar-refractivity contribution in [2.45, 2.75) is 19.3 Å². The van der Waals surface area contributed by atoms with Crippen molar-refractivity contribution >= 4 is 6.02 Å². The van der Waals surface area contributed by atoms with Crippen LogP contribution in [0.25, 0.3) is 0 Å². The minimum absolute atomic E-state index is 0.393. The fourth-order valence-corrected chi connectivity index (χ4v) is 1.17. The second-order valence-corrected chi connectivity index (χ2v) is 3.41. The van der Waals surface area contributed by atoms with E-state index < -0.39 is 0 Å². The number of hydrogen-bond acceptors (Lipinski definition) is 3. The molecule has 0 aliphatic heterocycles. The van der Waals surface area contributed by atoms with Crippen molar-refractivity contribution in [1.82, 2.24) is 10.6 Å². The zero-order valence-electron chi connectivity index (χ0n) is 9.94. The molecule has 15 heavy (non-hydrogen) atoms. The summed E-state index contributed by atoms with van der Waals surface area (Å²) in [6.07, 6.45) is 3.50. The Labute approximate surface area is 92.5 Å². The first-order chi connectivity index (χ1) is 7.31. The van der Waals surface area contributed by atoms with Crippen LogP contribution >= 0.6 is 0 Å². The van der Waals surface area contributed by atoms with E-state index in [0.29, 0.717) is 6.02 Å². The van der Waals surface area contributed by atoms with Crippen molar-refractivity contribution in [3.63, 3.8) is 0 Å². The monoisotopic (exact) mass is 217 g/mol. The molecule has 0 amide bonds. The minimum atomic E-state index is 0.393. The lowest BCUT2D eigenvalue weighted by molar-refractivity contribution is -0.468. The molecule has 0 unspecified atom stereocenters. The van der Waals surface area contributed by atoms with E-state index in [1.165, 1.54) is 12.8 Å². The standard InChI is InChI=1S/C10H24N4O/c1-12-6-3-4-7-13-8-5-9-14-10(11)15-2/h12-13H,3-9H2,1-2H3,(H2,11,14)/p+1. The molecule has 0 fully saturated rings. The Morgan fingerprint density at radius 1 is 1.20 bits per heavy atom. The van der Waals surface area contributed by atoms with Gasteiger partial charge in [-0.05, 0) is 45.9 Å². The number of methoxy groups -OCH3 is 1. The lowest BCUT2D eigenvalue weighted by Gasteiger charge is -2.02. The second kappa shape index (κ2) is 11.3. The number of nitrogens with one attached hydrogen (secondary N) is 3. The summed E-state index contributed by atoms with van der Waals surface area (Å²) >= 11 is 0. The molecule has 0 aromatic rings. The van der Waals surface area contributed by atoms with Gasteiger partial charge in [0.05, 0.1) is 13.7 Å². The van der Waals surface area contributed by atoms with E-state index in [0.717, 1.165) is 32.6 Å². The molecule has 0 aromatic heterocycles. The van der Waals surface area contributed by atoms with Gasteiger partial charge < -0.3 is 15.4 Å². The van der Waals surface area contributed by atoms with Crippen LogP contribution in [-0.4, -0.2) is 46.4 Å². The van der Waals surface area contributed by atoms with Crippen LogP contribution in [0.1, 0.15) is 19.3 Å². The van der Waals surface area contributed by atoms with E-state index in [4.69, 9.17) is 10.5 Å². The van der Waals surface area contributed by atoms with E-state index in [9.17, 15) is 0 Å². The van der Waals surface area contributed by atoms with Gasteiger partial charge in [-0.15, -0.1) is 0 Å². The highest BCUT2D eigenvalue weighted by Crippen LogP contribution is 1.83. The second-order valence-electron chi connectivity index (χ2n) is 3.41. The summed E-state index contributed by atoms with van der Waals surface area (Å²) in [4.78, 5) is 2.97. The molecule has 0 radical (unpaired) electrons. The van der Waals surface area contributed by atoms with E-state index in [1.807, 2.05) is 7.05 Å². The average Bonchev–Trinajstić information content (AvgIpc) is 2.26. The van der Waals surface area contributed by atoms with Crippen molar-refractivity contribution in [2.24, 2.45) is 5.73 Å². The summed E-state index contributed by atoms with van der Waals surface area (Å²) in [7, 11) is 3.54. The Bertz CT molecular complexity index is 162. The average molecular weight is 217 g/mol. The van der Waals surface area contributed by atoms with Crippen LogP contribution in [0, 0.1) is 0 Å². The molecule has 5 nitrogen and oxygen atoms in total. The summed E-state index contributed by atoms with van der Waals surface area (Å²) in [5, 5.41) is 6.51. The predicted molar refractivity (Wildman–Crippen MR) is 62.7 cm³/mol. The van der Waals surface area contributed by atoms with Gasteiger partial charge in [-0.1, -0.05) is 0 Å². The lowest BCUT2D eigenvalue weighted by atomic mass is 10.3. The largest absolute Gasteiger partial charge is 0.439 e. The zero-order chi connectivity index (χ0) is 11.4. The molecule has 0 aromatic carbocycles. The Morgan fingerprint density at radius 3 is 2.53 bits per heavy atom. The van der Waals surface area contributed by atoms with E-state index in [1.54, 1.807) is 7.11 Å². The third kappa shape index (κ3) is 11.1. The van der Waals surface area contributed by atoms with Crippen LogP contribution in [0.5, 0.6) is 0 Å². The Balaban J connectivity index is 3.05. The maximum Gasteiger partial charge on any atom is 0.439 e. The van der Waals surface area contributed by atoms with Crippen LogP contribution in [0.3, 0.4) is 0 Å². The maximum absolute atomic E-state index is 5.42. The van der Waals surface area contributed by atoms with Crippen molar-refractivity contribution < 1.29 is 9.73 Å². The molecule has 0 atom stereocenters. The molecular formula is C10H25N4O+. The van der Waals surface area contributed by atoms with E-state index in [2.05, 4.69) is 15.6 Å². The zero-order valence-corrected chi connectivity index (χ0v) is 9.94. The van der Waals surface area contributed by atoms with Crippen LogP contribution in [-0.2, 0) is 4.74 Å². The lowest BCUT2D eigenvalue weighted by Crippen LogP contribution is -2.76. The smallest absolute Gasteiger partial charge is 0.435 e. The highest BCUT2D eigenvalue weighted by atomic mass is 16.5. The SMILES string of the molecule is CNCCCCNCCC[NH+]=C(N)OC. The Kier molecular flexibility index (Phi) is 10.7. The summed E-state index contributed by atoms with van der Waals surface area (Å²) in [5.41, 5.74) is 5.42. The van der Waals surface area contributed by atoms with Gasteiger partial charge in [-0.3, -0.25) is 5.73 Å². The minimum Gasteiger partial charge on any atom is -0.435 e. The van der Waals surface area contributed by atoms with Crippen molar-refractivity contribution in [1.29, 1.82) is 0 Å². The van der Waals surface area contributed by atoms with Gasteiger partial charge in [0.25, 0.3) is 0 Å². The quantitative estimate of drug-likeness (QED) is 0.205. The molecule has 0 spiro atoms. The fraction of sp³-hybridized carbons (Fsp3) is 0.900. The van der Waals surface area contributed by atoms with Crippen LogP contribution < -0.4 is 21.4 Å². The number of amidine groups is 1. The molecule has 0 aliphatic carbocycles. The Hall–Kier alpha value is -0.810. The molecule has 5 N–H and O–H groups in total. The van der Waals surface area contributed by atoms with Crippen LogP contribution in [0.2, 0.25) is 0 Å². The maximum atomic E-state index is 5.42. The van der Waals surface area contributed by atoms with Crippen molar-refractivity contribution in [3.05, 3.63) is 0 Å². The third-order valence-electron chi connectivity index (χ3n) is 2.08. The third-order valence-corrected chi connectivity index (χ3v) is 2.08. The number of rotatable bonds is 9. The van der Waals surface area contributed by atoms with Gasteiger partial charge in [0.1, 0.15) is 0 Å². The predicted octanol–water partition coefficient (Wildman–Crippen LogP) is -1.99. The van der Waals surface area contributed by atoms with Crippen molar-refractivity contribution in [3.8, 4) is 0 Å². The van der Waals surface area contributed by atoms with Gasteiger partial charge in [0, 0.05) is 0 Å². The molecule has 0 saturated carbocycles. The molecule has 90 valence electrons. The van der Waals surface area contributed by atoms with Crippen LogP contribution in [0.15, 0.2) is 0 Å². The number of hydrogen-bond donors (Lipinski definition) is 4. The van der Waals surface area contributed by atoms with E-state index >= 15 is 0 Å². The highest BCUT2D eigenvalue weighted by molar-refractivity contribution is 5.64. The van der Waals surface area contributed by atoms with Crippen molar-refractivity contribution in [2.75, 3.05) is 40.3 Å². The summed E-state index contributed by atoms with van der Waals surface area (Å²) in [6, 6.07) is 0.393. The molecule has 0 aliphatic rings. The first-order valence-corrected chi connectivity index (χ1v) is 5.57. The summed E-state index contributed by atoms with van der Waals surface area (Å²) in [5.74, 6) is 0. The summed E-state index contributed by atoms with van der Waals surface area (Å²) < 4.78 is 4.78. The normalized spacial score (nSPS) is 11.7. The highest BCUT2D eigenvalue weighted by Gasteiger charge is 1.93. The number of nitrogens with two attached hydrogens (primary N) is 1. The molecule has 0 rings (SSSR count). The molecule has 5 heteroatoms. The van der Waals surface area contributed by atoms with Crippen LogP contribution in [0.4, 0.5) is 0 Å². The molecule has 0 bridgehead atoms. The van der Waals surface area contributed by atoms with Gasteiger partial charge in [-0.25, -0.2) is 4.99 Å². The van der Waals surface area contributed by atoms with E-state index in [-0.39, 0.29) is 0 Å². The van der Waals surface area contributed by atoms with Gasteiger partial charge in [0.15, 0.2) is 0 Å². The Morgan fingerprint density at radius 2 is 1.87 bits per heavy atom.